The summed E-state index contributed by atoms with van der Waals surface area (Å²) in [4.78, 5) is 14.2. The summed E-state index contributed by atoms with van der Waals surface area (Å²) in [5, 5.41) is 7.92. The molecule has 1 aliphatic heterocycles. The molecule has 4 heteroatoms. The van der Waals surface area contributed by atoms with Crippen molar-refractivity contribution in [2.24, 2.45) is 4.99 Å². The fourth-order valence-electron chi connectivity index (χ4n) is 0.710. The number of rotatable bonds is 1. The van der Waals surface area contributed by atoms with Crippen LogP contribution in [0.2, 0.25) is 0 Å². The zero-order chi connectivity index (χ0) is 7.78. The van der Waals surface area contributed by atoms with Crippen LogP contribution in [0.5, 0.6) is 0 Å². The fourth-order valence-corrected chi connectivity index (χ4v) is 1.63. The minimum Gasteiger partial charge on any atom is -0.479 e. The van der Waals surface area contributed by atoms with Gasteiger partial charge in [0.1, 0.15) is 0 Å². The van der Waals surface area contributed by atoms with Crippen LogP contribution in [0, 0.1) is 0 Å². The van der Waals surface area contributed by atoms with E-state index < -0.39 is 11.3 Å². The van der Waals surface area contributed by atoms with E-state index in [0.717, 1.165) is 0 Å². The highest BCUT2D eigenvalue weighted by Crippen LogP contribution is 2.33. The molecule has 0 aromatic carbocycles. The number of hydrogen-bond donors (Lipinski definition) is 1. The van der Waals surface area contributed by atoms with Crippen LogP contribution < -0.4 is 0 Å². The highest BCUT2D eigenvalue weighted by molar-refractivity contribution is 8.02. The maximum Gasteiger partial charge on any atom is 0.338 e. The molecule has 0 unspecified atom stereocenters. The molecule has 1 heterocycles. The molecule has 0 aliphatic carbocycles. The molecule has 1 aliphatic rings. The number of carboxylic acid groups (broad SMARTS) is 1. The monoisotopic (exact) mass is 159 g/mol. The van der Waals surface area contributed by atoms with Crippen LogP contribution in [0.25, 0.3) is 0 Å². The van der Waals surface area contributed by atoms with E-state index in [1.165, 1.54) is 11.8 Å². The van der Waals surface area contributed by atoms with Crippen molar-refractivity contribution in [1.82, 2.24) is 0 Å². The minimum absolute atomic E-state index is 0.108. The second-order valence-corrected chi connectivity index (χ2v) is 4.42. The van der Waals surface area contributed by atoms with Gasteiger partial charge in [-0.2, -0.15) is 0 Å². The quantitative estimate of drug-likeness (QED) is 0.620. The number of carboxylic acids is 1. The molecule has 56 valence electrons. The van der Waals surface area contributed by atoms with E-state index in [-0.39, 0.29) is 4.75 Å². The molecular weight excluding hydrogens is 150 g/mol. The van der Waals surface area contributed by atoms with E-state index in [1.807, 2.05) is 13.8 Å². The predicted octanol–water partition coefficient (Wildman–Crippen LogP) is 0.993. The molecule has 0 radical (unpaired) electrons. The Kier molecular flexibility index (Phi) is 1.72. The van der Waals surface area contributed by atoms with Crippen LogP contribution in [0.3, 0.4) is 0 Å². The summed E-state index contributed by atoms with van der Waals surface area (Å²) >= 11 is 1.35. The number of aliphatic carboxylic acids is 1. The molecule has 0 bridgehead atoms. The van der Waals surface area contributed by atoms with E-state index in [0.29, 0.717) is 0 Å². The number of hydrogen-bond acceptors (Lipinski definition) is 3. The maximum atomic E-state index is 10.4. The molecule has 10 heavy (non-hydrogen) atoms. The van der Waals surface area contributed by atoms with E-state index >= 15 is 0 Å². The molecule has 0 saturated carbocycles. The number of aliphatic imine (C=N–C) groups is 1. The van der Waals surface area contributed by atoms with Crippen molar-refractivity contribution in [3.05, 3.63) is 0 Å². The lowest BCUT2D eigenvalue weighted by Gasteiger charge is -2.11. The van der Waals surface area contributed by atoms with Gasteiger partial charge in [-0.15, -0.1) is 11.8 Å². The van der Waals surface area contributed by atoms with Crippen LogP contribution >= 0.6 is 11.8 Å². The van der Waals surface area contributed by atoms with Gasteiger partial charge in [-0.3, -0.25) is 4.99 Å². The molecular formula is C6H9NO2S. The van der Waals surface area contributed by atoms with Crippen molar-refractivity contribution >= 4 is 23.9 Å². The van der Waals surface area contributed by atoms with Gasteiger partial charge in [0.25, 0.3) is 0 Å². The second kappa shape index (κ2) is 2.27. The summed E-state index contributed by atoms with van der Waals surface area (Å²) in [7, 11) is 0. The summed E-state index contributed by atoms with van der Waals surface area (Å²) in [5.41, 5.74) is 0. The van der Waals surface area contributed by atoms with Gasteiger partial charge < -0.3 is 5.11 Å². The fraction of sp³-hybridized carbons (Fsp3) is 0.667. The molecule has 0 spiro atoms. The Morgan fingerprint density at radius 2 is 2.40 bits per heavy atom. The molecule has 3 nitrogen and oxygen atoms in total. The molecule has 1 N–H and O–H groups in total. The number of nitrogens with zero attached hydrogens (tertiary/aromatic N) is 1. The lowest BCUT2D eigenvalue weighted by atomic mass is 10.2. The van der Waals surface area contributed by atoms with Crippen LogP contribution in [0.4, 0.5) is 0 Å². The summed E-state index contributed by atoms with van der Waals surface area (Å²) < 4.78 is -0.108. The summed E-state index contributed by atoms with van der Waals surface area (Å²) in [6.07, 6.45) is 1.69. The topological polar surface area (TPSA) is 49.7 Å². The standard InChI is InChI=1S/C6H9NO2S/c1-6(2)3-7-4(10-6)5(8)9/h3-4H,1-2H3,(H,8,9)/t4-/m0/s1. The predicted molar refractivity (Wildman–Crippen MR) is 41.6 cm³/mol. The van der Waals surface area contributed by atoms with Crippen molar-refractivity contribution in [2.75, 3.05) is 0 Å². The first-order valence-corrected chi connectivity index (χ1v) is 3.84. The van der Waals surface area contributed by atoms with Crippen LogP contribution in [0.1, 0.15) is 13.8 Å². The van der Waals surface area contributed by atoms with Crippen LogP contribution in [-0.2, 0) is 4.79 Å². The summed E-state index contributed by atoms with van der Waals surface area (Å²) in [6.45, 7) is 3.90. The maximum absolute atomic E-state index is 10.4. The van der Waals surface area contributed by atoms with Crippen molar-refractivity contribution in [3.8, 4) is 0 Å². The Balaban J connectivity index is 2.62. The van der Waals surface area contributed by atoms with Crippen molar-refractivity contribution in [2.45, 2.75) is 24.0 Å². The molecule has 0 aromatic heterocycles. The van der Waals surface area contributed by atoms with E-state index in [1.54, 1.807) is 6.21 Å². The highest BCUT2D eigenvalue weighted by Gasteiger charge is 2.31. The highest BCUT2D eigenvalue weighted by atomic mass is 32.2. The molecule has 0 amide bonds. The average molecular weight is 159 g/mol. The molecule has 1 atom stereocenters. The zero-order valence-corrected chi connectivity index (χ0v) is 6.68. The third-order valence-corrected chi connectivity index (χ3v) is 2.41. The normalized spacial score (nSPS) is 28.8. The van der Waals surface area contributed by atoms with Gasteiger partial charge in [-0.05, 0) is 13.8 Å². The zero-order valence-electron chi connectivity index (χ0n) is 5.87. The lowest BCUT2D eigenvalue weighted by molar-refractivity contribution is -0.136. The largest absolute Gasteiger partial charge is 0.479 e. The summed E-state index contributed by atoms with van der Waals surface area (Å²) in [5.74, 6) is -0.855. The van der Waals surface area contributed by atoms with Gasteiger partial charge in [0.15, 0.2) is 5.37 Å². The molecule has 0 aromatic rings. The second-order valence-electron chi connectivity index (χ2n) is 2.69. The van der Waals surface area contributed by atoms with Crippen molar-refractivity contribution < 1.29 is 9.90 Å². The van der Waals surface area contributed by atoms with Gasteiger partial charge in [-0.25, -0.2) is 4.79 Å². The summed E-state index contributed by atoms with van der Waals surface area (Å²) in [6, 6.07) is 0. The Hall–Kier alpha value is -0.510. The molecule has 0 fully saturated rings. The van der Waals surface area contributed by atoms with E-state index in [9.17, 15) is 4.79 Å². The third kappa shape index (κ3) is 1.50. The Bertz CT molecular complexity index is 188. The van der Waals surface area contributed by atoms with Crippen molar-refractivity contribution in [3.63, 3.8) is 0 Å². The van der Waals surface area contributed by atoms with Crippen LogP contribution in [-0.4, -0.2) is 27.4 Å². The van der Waals surface area contributed by atoms with Gasteiger partial charge >= 0.3 is 5.97 Å². The van der Waals surface area contributed by atoms with E-state index in [2.05, 4.69) is 4.99 Å². The number of carbonyl (C=O) groups is 1. The Labute approximate surface area is 63.5 Å². The SMILES string of the molecule is CC1(C)C=N[C@H](C(=O)O)S1. The molecule has 0 saturated heterocycles. The van der Waals surface area contributed by atoms with Gasteiger partial charge in [-0.1, -0.05) is 0 Å². The van der Waals surface area contributed by atoms with Gasteiger partial charge in [0.05, 0.1) is 0 Å². The smallest absolute Gasteiger partial charge is 0.338 e. The first-order chi connectivity index (χ1) is 4.51. The lowest BCUT2D eigenvalue weighted by Crippen LogP contribution is -2.16. The van der Waals surface area contributed by atoms with E-state index in [4.69, 9.17) is 5.11 Å². The van der Waals surface area contributed by atoms with Crippen LogP contribution in [0.15, 0.2) is 4.99 Å². The number of thioether (sulfide) groups is 1. The average Bonchev–Trinajstić information content (AvgIpc) is 2.10. The Morgan fingerprint density at radius 3 is 2.60 bits per heavy atom. The van der Waals surface area contributed by atoms with Gasteiger partial charge in [0, 0.05) is 11.0 Å². The molecule has 1 rings (SSSR count). The van der Waals surface area contributed by atoms with Crippen molar-refractivity contribution in [1.29, 1.82) is 0 Å². The third-order valence-electron chi connectivity index (χ3n) is 1.15. The first kappa shape index (κ1) is 7.60. The first-order valence-electron chi connectivity index (χ1n) is 2.96. The Morgan fingerprint density at radius 1 is 1.80 bits per heavy atom. The van der Waals surface area contributed by atoms with Gasteiger partial charge in [0.2, 0.25) is 0 Å². The minimum atomic E-state index is -0.855.